The zero-order valence-corrected chi connectivity index (χ0v) is 18.8. The van der Waals surface area contributed by atoms with Crippen LogP contribution in [0.4, 0.5) is 11.6 Å². The van der Waals surface area contributed by atoms with Crippen LogP contribution in [0.15, 0.2) is 28.1 Å². The van der Waals surface area contributed by atoms with Gasteiger partial charge in [-0.15, -0.1) is 6.42 Å². The zero-order chi connectivity index (χ0) is 22.2. The molecule has 162 valence electrons. The Morgan fingerprint density at radius 3 is 2.74 bits per heavy atom. The van der Waals surface area contributed by atoms with E-state index in [2.05, 4.69) is 15.9 Å². The number of carboxylic acids is 1. The summed E-state index contributed by atoms with van der Waals surface area (Å²) < 4.78 is 5.69. The molecule has 0 radical (unpaired) electrons. The lowest BCUT2D eigenvalue weighted by molar-refractivity contribution is 0.0689. The molecule has 4 rings (SSSR count). The van der Waals surface area contributed by atoms with Crippen LogP contribution >= 0.6 is 35.0 Å². The lowest BCUT2D eigenvalue weighted by Crippen LogP contribution is -2.41. The molecule has 10 heteroatoms. The Morgan fingerprint density at radius 1 is 1.35 bits per heavy atom. The van der Waals surface area contributed by atoms with E-state index >= 15 is 0 Å². The van der Waals surface area contributed by atoms with Gasteiger partial charge in [0.05, 0.1) is 16.7 Å². The number of carbonyl (C=O) groups is 1. The second kappa shape index (κ2) is 8.75. The number of halogens is 2. The normalized spacial score (nSPS) is 20.0. The van der Waals surface area contributed by atoms with Crippen LogP contribution in [0.1, 0.15) is 29.8 Å². The molecule has 1 spiro atoms. The molecule has 2 aliphatic heterocycles. The lowest BCUT2D eigenvalue weighted by atomic mass is 9.76. The number of nitrogens with two attached hydrogens (primary N) is 1. The first-order valence-corrected chi connectivity index (χ1v) is 11.2. The third kappa shape index (κ3) is 4.41. The summed E-state index contributed by atoms with van der Waals surface area (Å²) in [6.07, 6.45) is 7.85. The fraction of sp³-hybridized carbons (Fsp3) is 0.381. The molecule has 2 aliphatic rings. The topological polar surface area (TPSA) is 102 Å². The van der Waals surface area contributed by atoms with Gasteiger partial charge in [0.2, 0.25) is 0 Å². The molecular weight excluding hydrogens is 459 g/mol. The van der Waals surface area contributed by atoms with Crippen LogP contribution in [-0.2, 0) is 4.74 Å². The summed E-state index contributed by atoms with van der Waals surface area (Å²) in [4.78, 5) is 23.2. The fourth-order valence-electron chi connectivity index (χ4n) is 3.97. The van der Waals surface area contributed by atoms with Gasteiger partial charge in [-0.3, -0.25) is 0 Å². The van der Waals surface area contributed by atoms with Crippen molar-refractivity contribution >= 4 is 52.6 Å². The third-order valence-electron chi connectivity index (χ3n) is 5.71. The number of anilines is 2. The van der Waals surface area contributed by atoms with Crippen molar-refractivity contribution in [2.75, 3.05) is 30.3 Å². The van der Waals surface area contributed by atoms with Crippen LogP contribution in [-0.4, -0.2) is 46.8 Å². The predicted octanol–water partition coefficient (Wildman–Crippen LogP) is 4.22. The number of rotatable bonds is 4. The monoisotopic (exact) mass is 478 g/mol. The van der Waals surface area contributed by atoms with Crippen LogP contribution in [0.5, 0.6) is 0 Å². The maximum Gasteiger partial charge on any atom is 0.358 e. The van der Waals surface area contributed by atoms with Gasteiger partial charge in [0, 0.05) is 23.4 Å². The predicted molar refractivity (Wildman–Crippen MR) is 121 cm³/mol. The Balaban J connectivity index is 1.58. The van der Waals surface area contributed by atoms with Gasteiger partial charge < -0.3 is 20.5 Å². The molecule has 3 heterocycles. The highest BCUT2D eigenvalue weighted by molar-refractivity contribution is 7.99. The van der Waals surface area contributed by atoms with E-state index in [1.54, 1.807) is 18.2 Å². The Hall–Kier alpha value is -2.18. The number of aromatic carboxylic acids is 1. The van der Waals surface area contributed by atoms with Gasteiger partial charge in [-0.2, -0.15) is 0 Å². The van der Waals surface area contributed by atoms with E-state index < -0.39 is 5.97 Å². The van der Waals surface area contributed by atoms with Crippen molar-refractivity contribution < 1.29 is 14.6 Å². The van der Waals surface area contributed by atoms with E-state index in [-0.39, 0.29) is 33.9 Å². The number of hydrogen-bond acceptors (Lipinski definition) is 7. The van der Waals surface area contributed by atoms with Crippen molar-refractivity contribution in [1.29, 1.82) is 0 Å². The average Bonchev–Trinajstić information content (AvgIpc) is 3.15. The summed E-state index contributed by atoms with van der Waals surface area (Å²) in [6.45, 7) is 1.88. The van der Waals surface area contributed by atoms with Gasteiger partial charge in [0.15, 0.2) is 17.3 Å². The number of aromatic nitrogens is 2. The van der Waals surface area contributed by atoms with Crippen LogP contribution in [0, 0.1) is 17.8 Å². The van der Waals surface area contributed by atoms with Crippen molar-refractivity contribution in [3.8, 4) is 12.3 Å². The number of piperidine rings is 1. The van der Waals surface area contributed by atoms with E-state index in [1.165, 1.54) is 0 Å². The van der Waals surface area contributed by atoms with E-state index in [9.17, 15) is 9.90 Å². The zero-order valence-electron chi connectivity index (χ0n) is 16.5. The number of hydrogen-bond donors (Lipinski definition) is 2. The van der Waals surface area contributed by atoms with Gasteiger partial charge in [-0.1, -0.05) is 47.0 Å². The highest BCUT2D eigenvalue weighted by atomic mass is 35.5. The smallest absolute Gasteiger partial charge is 0.358 e. The van der Waals surface area contributed by atoms with Crippen molar-refractivity contribution in [2.24, 2.45) is 5.41 Å². The van der Waals surface area contributed by atoms with E-state index in [4.69, 9.17) is 40.1 Å². The molecule has 1 aromatic carbocycles. The van der Waals surface area contributed by atoms with Crippen molar-refractivity contribution in [1.82, 2.24) is 9.97 Å². The minimum atomic E-state index is -1.17. The number of nitrogens with zero attached hydrogens (tertiary/aromatic N) is 3. The van der Waals surface area contributed by atoms with Gasteiger partial charge >= 0.3 is 5.97 Å². The summed E-state index contributed by atoms with van der Waals surface area (Å²) >= 11 is 13.4. The molecule has 0 aliphatic carbocycles. The van der Waals surface area contributed by atoms with Gasteiger partial charge in [0.25, 0.3) is 0 Å². The summed E-state index contributed by atoms with van der Waals surface area (Å²) in [7, 11) is 0. The molecule has 1 aromatic heterocycles. The highest BCUT2D eigenvalue weighted by Crippen LogP contribution is 2.43. The fourth-order valence-corrected chi connectivity index (χ4v) is 5.28. The van der Waals surface area contributed by atoms with Crippen molar-refractivity contribution in [3.05, 3.63) is 33.9 Å². The molecule has 3 N–H and O–H groups in total. The average molecular weight is 479 g/mol. The number of benzene rings is 1. The molecule has 31 heavy (non-hydrogen) atoms. The van der Waals surface area contributed by atoms with Crippen molar-refractivity contribution in [2.45, 2.75) is 35.3 Å². The Labute approximate surface area is 194 Å². The van der Waals surface area contributed by atoms with Crippen molar-refractivity contribution in [3.63, 3.8) is 0 Å². The third-order valence-corrected chi connectivity index (χ3v) is 7.70. The molecular formula is C21H20Cl2N4O3S. The minimum absolute atomic E-state index is 0.0367. The van der Waals surface area contributed by atoms with Gasteiger partial charge in [-0.25, -0.2) is 14.8 Å². The maximum absolute atomic E-state index is 12.0. The quantitative estimate of drug-likeness (QED) is 0.629. The number of ether oxygens (including phenoxy) is 1. The second-order valence-electron chi connectivity index (χ2n) is 7.70. The lowest BCUT2D eigenvalue weighted by Gasteiger charge is -2.39. The first-order chi connectivity index (χ1) is 14.8. The maximum atomic E-state index is 12.0. The van der Waals surface area contributed by atoms with Crippen LogP contribution in [0.25, 0.3) is 0 Å². The summed E-state index contributed by atoms with van der Waals surface area (Å²) in [5.41, 5.74) is 6.05. The van der Waals surface area contributed by atoms with Gasteiger partial charge in [-0.05, 0) is 31.4 Å². The minimum Gasteiger partial charge on any atom is -0.476 e. The largest absolute Gasteiger partial charge is 0.476 e. The first kappa shape index (κ1) is 22.0. The highest BCUT2D eigenvalue weighted by Gasteiger charge is 2.42. The Morgan fingerprint density at radius 2 is 2.10 bits per heavy atom. The van der Waals surface area contributed by atoms with Gasteiger partial charge in [0.1, 0.15) is 11.1 Å². The molecule has 7 nitrogen and oxygen atoms in total. The molecule has 0 unspecified atom stereocenters. The van der Waals surface area contributed by atoms with Crippen LogP contribution < -0.4 is 10.6 Å². The molecule has 0 saturated carbocycles. The molecule has 2 fully saturated rings. The van der Waals surface area contributed by atoms with E-state index in [0.29, 0.717) is 34.6 Å². The van der Waals surface area contributed by atoms with Crippen LogP contribution in [0.3, 0.4) is 0 Å². The van der Waals surface area contributed by atoms with Crippen LogP contribution in [0.2, 0.25) is 10.0 Å². The molecule has 0 bridgehead atoms. The Bertz CT molecular complexity index is 1070. The summed E-state index contributed by atoms with van der Waals surface area (Å²) in [6, 6.07) is 5.17. The summed E-state index contributed by atoms with van der Waals surface area (Å²) in [5.74, 6) is 1.91. The Kier molecular flexibility index (Phi) is 6.22. The molecule has 0 amide bonds. The SMILES string of the molecule is C#C[C@H]1CC2(CCN(c3nc(N)c(Sc4cccc(Cl)c4Cl)nc3C(=O)O)CC2)CO1. The van der Waals surface area contributed by atoms with E-state index in [1.807, 2.05) is 4.90 Å². The standard InChI is InChI=1S/C21H20Cl2N4O3S/c1-2-12-10-21(11-30-12)6-8-27(9-7-21)18-16(20(28)29)25-19(17(24)26-18)31-14-5-3-4-13(22)15(14)23/h1,3-5,12H,6-11H2,(H2,24,26)(H,28,29)/t12-/m0/s1. The number of carboxylic acid groups (broad SMARTS) is 1. The first-order valence-electron chi connectivity index (χ1n) is 9.67. The molecule has 2 saturated heterocycles. The number of nitrogen functional groups attached to an aromatic ring is 1. The van der Waals surface area contributed by atoms with E-state index in [0.717, 1.165) is 31.0 Å². The molecule has 1 atom stereocenters. The molecule has 2 aromatic rings. The second-order valence-corrected chi connectivity index (χ2v) is 9.52. The summed E-state index contributed by atoms with van der Waals surface area (Å²) in [5, 5.41) is 10.8. The number of terminal acetylenes is 1.